The van der Waals surface area contributed by atoms with Crippen LogP contribution in [0.3, 0.4) is 0 Å². The van der Waals surface area contributed by atoms with Gasteiger partial charge in [-0.2, -0.15) is 10.4 Å². The van der Waals surface area contributed by atoms with Gasteiger partial charge in [-0.25, -0.2) is 9.67 Å². The van der Waals surface area contributed by atoms with E-state index < -0.39 is 6.10 Å². The van der Waals surface area contributed by atoms with Crippen molar-refractivity contribution in [3.05, 3.63) is 60.6 Å². The molecule has 150 valence electrons. The fourth-order valence-corrected chi connectivity index (χ4v) is 3.24. The molecular formula is C21H18N6O3. The van der Waals surface area contributed by atoms with Crippen LogP contribution in [0.2, 0.25) is 0 Å². The van der Waals surface area contributed by atoms with Crippen LogP contribution in [0.4, 0.5) is 11.5 Å². The van der Waals surface area contributed by atoms with E-state index in [0.29, 0.717) is 34.9 Å². The second kappa shape index (κ2) is 8.05. The second-order valence-corrected chi connectivity index (χ2v) is 6.60. The maximum Gasteiger partial charge on any atom is 0.269 e. The van der Waals surface area contributed by atoms with Gasteiger partial charge >= 0.3 is 0 Å². The summed E-state index contributed by atoms with van der Waals surface area (Å²) >= 11 is 0. The Labute approximate surface area is 172 Å². The van der Waals surface area contributed by atoms with Crippen LogP contribution in [-0.2, 0) is 9.59 Å². The molecule has 2 amide bonds. The number of aromatic nitrogens is 3. The molecule has 0 saturated heterocycles. The van der Waals surface area contributed by atoms with Gasteiger partial charge in [-0.15, -0.1) is 0 Å². The molecule has 2 aromatic heterocycles. The number of benzene rings is 1. The Morgan fingerprint density at radius 2 is 2.20 bits per heavy atom. The summed E-state index contributed by atoms with van der Waals surface area (Å²) in [5.41, 5.74) is 1.45. The first-order valence-electron chi connectivity index (χ1n) is 9.37. The van der Waals surface area contributed by atoms with Crippen molar-refractivity contribution in [3.63, 3.8) is 0 Å². The van der Waals surface area contributed by atoms with E-state index >= 15 is 0 Å². The number of carbonyl (C=O) groups is 2. The van der Waals surface area contributed by atoms with Gasteiger partial charge in [0.25, 0.3) is 5.91 Å². The molecule has 0 bridgehead atoms. The normalized spacial score (nSPS) is 13.7. The standard InChI is InChI=1S/C21H18N6O3/c1-2-18(21(29)26-13-19(28)25-16-5-3-8-23-20(16)26)30-15-6-7-17(14(11-15)12-22)27-10-4-9-24-27/h3-11,18H,2,13H2,1H3,(H,25,28). The average molecular weight is 402 g/mol. The minimum atomic E-state index is -0.840. The van der Waals surface area contributed by atoms with Crippen molar-refractivity contribution in [2.24, 2.45) is 0 Å². The van der Waals surface area contributed by atoms with E-state index in [2.05, 4.69) is 21.5 Å². The highest BCUT2D eigenvalue weighted by Gasteiger charge is 2.33. The average Bonchev–Trinajstić information content (AvgIpc) is 3.31. The van der Waals surface area contributed by atoms with Gasteiger partial charge in [0.1, 0.15) is 18.4 Å². The summed E-state index contributed by atoms with van der Waals surface area (Å²) in [6, 6.07) is 12.2. The lowest BCUT2D eigenvalue weighted by atomic mass is 10.1. The van der Waals surface area contributed by atoms with Crippen LogP contribution in [0.1, 0.15) is 18.9 Å². The predicted molar refractivity (Wildman–Crippen MR) is 108 cm³/mol. The number of ether oxygens (including phenoxy) is 1. The van der Waals surface area contributed by atoms with E-state index in [1.807, 2.05) is 6.92 Å². The van der Waals surface area contributed by atoms with Crippen LogP contribution in [0.15, 0.2) is 55.0 Å². The first-order valence-corrected chi connectivity index (χ1v) is 9.37. The van der Waals surface area contributed by atoms with Crippen molar-refractivity contribution in [2.75, 3.05) is 16.8 Å². The third-order valence-electron chi connectivity index (χ3n) is 4.65. The first-order chi connectivity index (χ1) is 14.6. The van der Waals surface area contributed by atoms with Crippen molar-refractivity contribution < 1.29 is 14.3 Å². The molecule has 30 heavy (non-hydrogen) atoms. The highest BCUT2D eigenvalue weighted by Crippen LogP contribution is 2.28. The van der Waals surface area contributed by atoms with Crippen LogP contribution in [0.5, 0.6) is 5.75 Å². The molecule has 1 aliphatic heterocycles. The molecule has 1 aliphatic rings. The topological polar surface area (TPSA) is 113 Å². The van der Waals surface area contributed by atoms with Gasteiger partial charge < -0.3 is 10.1 Å². The monoisotopic (exact) mass is 402 g/mol. The molecular weight excluding hydrogens is 384 g/mol. The summed E-state index contributed by atoms with van der Waals surface area (Å²) in [5, 5.41) is 16.4. The van der Waals surface area contributed by atoms with Gasteiger partial charge in [-0.1, -0.05) is 6.92 Å². The Kier molecular flexibility index (Phi) is 5.13. The minimum absolute atomic E-state index is 0.135. The van der Waals surface area contributed by atoms with Crippen LogP contribution in [0.25, 0.3) is 5.69 Å². The van der Waals surface area contributed by atoms with Gasteiger partial charge in [0, 0.05) is 24.7 Å². The van der Waals surface area contributed by atoms with Crippen LogP contribution >= 0.6 is 0 Å². The first kappa shape index (κ1) is 19.1. The summed E-state index contributed by atoms with van der Waals surface area (Å²) in [6.07, 6.45) is 4.46. The summed E-state index contributed by atoms with van der Waals surface area (Å²) in [6.45, 7) is 1.68. The molecule has 9 nitrogen and oxygen atoms in total. The Morgan fingerprint density at radius 3 is 2.93 bits per heavy atom. The predicted octanol–water partition coefficient (Wildman–Crippen LogP) is 2.28. The van der Waals surface area contributed by atoms with Crippen molar-refractivity contribution in [1.29, 1.82) is 5.26 Å². The van der Waals surface area contributed by atoms with Crippen LogP contribution in [0, 0.1) is 11.3 Å². The maximum atomic E-state index is 13.2. The molecule has 1 aromatic carbocycles. The zero-order valence-corrected chi connectivity index (χ0v) is 16.1. The molecule has 0 spiro atoms. The number of nitrogens with one attached hydrogen (secondary N) is 1. The summed E-state index contributed by atoms with van der Waals surface area (Å²) in [4.78, 5) is 30.7. The number of pyridine rings is 1. The second-order valence-electron chi connectivity index (χ2n) is 6.60. The highest BCUT2D eigenvalue weighted by molar-refractivity contribution is 6.10. The molecule has 0 aliphatic carbocycles. The molecule has 3 heterocycles. The number of nitrogens with zero attached hydrogens (tertiary/aromatic N) is 5. The van der Waals surface area contributed by atoms with Gasteiger partial charge in [0.05, 0.1) is 16.9 Å². The van der Waals surface area contributed by atoms with E-state index in [4.69, 9.17) is 4.74 Å². The molecule has 0 radical (unpaired) electrons. The molecule has 3 aromatic rings. The Bertz CT molecular complexity index is 1140. The molecule has 4 rings (SSSR count). The van der Waals surface area contributed by atoms with Gasteiger partial charge in [0.2, 0.25) is 5.91 Å². The zero-order valence-electron chi connectivity index (χ0n) is 16.1. The van der Waals surface area contributed by atoms with Gasteiger partial charge in [-0.05, 0) is 36.8 Å². The lowest BCUT2D eigenvalue weighted by Gasteiger charge is -2.30. The van der Waals surface area contributed by atoms with Crippen molar-refractivity contribution in [1.82, 2.24) is 14.8 Å². The summed E-state index contributed by atoms with van der Waals surface area (Å²) in [7, 11) is 0. The lowest BCUT2D eigenvalue weighted by molar-refractivity contribution is -0.127. The van der Waals surface area contributed by atoms with E-state index in [0.717, 1.165) is 0 Å². The van der Waals surface area contributed by atoms with Crippen LogP contribution in [-0.4, -0.2) is 39.2 Å². The molecule has 0 saturated carbocycles. The van der Waals surface area contributed by atoms with Gasteiger partial charge in [-0.3, -0.25) is 14.5 Å². The summed E-state index contributed by atoms with van der Waals surface area (Å²) < 4.78 is 7.50. The summed E-state index contributed by atoms with van der Waals surface area (Å²) in [5.74, 6) is 0.0947. The fourth-order valence-electron chi connectivity index (χ4n) is 3.24. The number of hydrogen-bond acceptors (Lipinski definition) is 6. The van der Waals surface area contributed by atoms with E-state index in [-0.39, 0.29) is 18.4 Å². The Morgan fingerprint density at radius 1 is 1.33 bits per heavy atom. The van der Waals surface area contributed by atoms with Crippen molar-refractivity contribution in [3.8, 4) is 17.5 Å². The van der Waals surface area contributed by atoms with Crippen molar-refractivity contribution in [2.45, 2.75) is 19.4 Å². The minimum Gasteiger partial charge on any atom is -0.481 e. The highest BCUT2D eigenvalue weighted by atomic mass is 16.5. The SMILES string of the molecule is CCC(Oc1ccc(-n2cccn2)c(C#N)c1)C(=O)N1CC(=O)Nc2cccnc21. The largest absolute Gasteiger partial charge is 0.481 e. The number of rotatable bonds is 5. The molecule has 0 fully saturated rings. The maximum absolute atomic E-state index is 13.2. The molecule has 1 N–H and O–H groups in total. The third kappa shape index (κ3) is 3.58. The molecule has 1 unspecified atom stereocenters. The van der Waals surface area contributed by atoms with E-state index in [9.17, 15) is 14.9 Å². The number of fused-ring (bicyclic) bond motifs is 1. The van der Waals surface area contributed by atoms with Crippen molar-refractivity contribution >= 4 is 23.3 Å². The van der Waals surface area contributed by atoms with Crippen LogP contribution < -0.4 is 15.0 Å². The lowest BCUT2D eigenvalue weighted by Crippen LogP contribution is -2.48. The zero-order chi connectivity index (χ0) is 21.1. The number of nitriles is 1. The Balaban J connectivity index is 1.59. The fraction of sp³-hybridized carbons (Fsp3) is 0.190. The number of hydrogen-bond donors (Lipinski definition) is 1. The number of carbonyl (C=O) groups excluding carboxylic acids is 2. The number of amides is 2. The van der Waals surface area contributed by atoms with E-state index in [1.54, 1.807) is 59.7 Å². The molecule has 1 atom stereocenters. The molecule has 9 heteroatoms. The number of anilines is 2. The third-order valence-corrected chi connectivity index (χ3v) is 4.65. The van der Waals surface area contributed by atoms with E-state index in [1.165, 1.54) is 4.90 Å². The Hall–Kier alpha value is -4.19. The van der Waals surface area contributed by atoms with Gasteiger partial charge in [0.15, 0.2) is 11.9 Å². The smallest absolute Gasteiger partial charge is 0.269 e. The quantitative estimate of drug-likeness (QED) is 0.700.